The third-order valence-electron chi connectivity index (χ3n) is 2.88. The number of hydrogen-bond donors (Lipinski definition) is 1. The fraction of sp³-hybridized carbons (Fsp3) is 0.500. The maximum absolute atomic E-state index is 11.7. The molecule has 0 aliphatic carbocycles. The van der Waals surface area contributed by atoms with E-state index in [1.165, 1.54) is 5.41 Å². The number of nitrogens with zero attached hydrogens (tertiary/aromatic N) is 2. The molecule has 0 radical (unpaired) electrons. The van der Waals surface area contributed by atoms with E-state index in [1.54, 1.807) is 24.0 Å². The van der Waals surface area contributed by atoms with Gasteiger partial charge in [-0.05, 0) is 0 Å². The van der Waals surface area contributed by atoms with Crippen LogP contribution in [0.3, 0.4) is 0 Å². The van der Waals surface area contributed by atoms with Crippen LogP contribution in [0, 0.1) is 5.92 Å². The van der Waals surface area contributed by atoms with Gasteiger partial charge in [-0.15, -0.1) is 0 Å². The molecule has 1 aliphatic rings. The Balaban J connectivity index is 1.64. The van der Waals surface area contributed by atoms with Crippen molar-refractivity contribution in [3.8, 4) is 0 Å². The fourth-order valence-corrected chi connectivity index (χ4v) is 4.09. The van der Waals surface area contributed by atoms with Gasteiger partial charge in [-0.2, -0.15) is 0 Å². The lowest BCUT2D eigenvalue weighted by Gasteiger charge is -2.08. The number of allylic oxidation sites excluding steroid dienone is 1. The number of carbonyl (C=O) groups excluding carboxylic acids is 1. The lowest BCUT2D eigenvalue weighted by molar-refractivity contribution is -0.121. The molecule has 1 amide bonds. The minimum Gasteiger partial charge on any atom is -0.355 e. The highest BCUT2D eigenvalue weighted by atomic mass is 32.2. The zero-order valence-electron chi connectivity index (χ0n) is 11.2. The zero-order valence-corrected chi connectivity index (χ0v) is 12.8. The van der Waals surface area contributed by atoms with Crippen LogP contribution in [0.1, 0.15) is 6.42 Å². The van der Waals surface area contributed by atoms with Crippen LogP contribution >= 0.6 is 11.8 Å². The summed E-state index contributed by atoms with van der Waals surface area (Å²) in [6, 6.07) is 0. The number of sulfone groups is 1. The van der Waals surface area contributed by atoms with E-state index < -0.39 is 9.84 Å². The molecule has 2 heterocycles. The molecule has 1 aliphatic heterocycles. The second kappa shape index (κ2) is 6.45. The van der Waals surface area contributed by atoms with Gasteiger partial charge in [-0.25, -0.2) is 13.4 Å². The van der Waals surface area contributed by atoms with Gasteiger partial charge in [0.1, 0.15) is 0 Å². The van der Waals surface area contributed by atoms with Gasteiger partial charge in [0.05, 0.1) is 5.75 Å². The van der Waals surface area contributed by atoms with E-state index in [1.807, 2.05) is 17.8 Å². The van der Waals surface area contributed by atoms with Gasteiger partial charge >= 0.3 is 0 Å². The number of thioether (sulfide) groups is 1. The first kappa shape index (κ1) is 15.1. The molecular weight excluding hydrogens is 298 g/mol. The quantitative estimate of drug-likeness (QED) is 0.613. The molecule has 110 valence electrons. The van der Waals surface area contributed by atoms with E-state index in [0.717, 1.165) is 10.9 Å². The smallest absolute Gasteiger partial charge is 0.220 e. The first-order valence-corrected chi connectivity index (χ1v) is 8.94. The third kappa shape index (κ3) is 4.38. The van der Waals surface area contributed by atoms with E-state index in [-0.39, 0.29) is 24.0 Å². The fourth-order valence-electron chi connectivity index (χ4n) is 1.90. The molecule has 8 heteroatoms. The Morgan fingerprint density at radius 1 is 1.60 bits per heavy atom. The maximum Gasteiger partial charge on any atom is 0.220 e. The van der Waals surface area contributed by atoms with E-state index in [9.17, 15) is 13.2 Å². The lowest BCUT2D eigenvalue weighted by atomic mass is 10.1. The number of rotatable bonds is 6. The van der Waals surface area contributed by atoms with Crippen LogP contribution in [0.5, 0.6) is 0 Å². The highest BCUT2D eigenvalue weighted by molar-refractivity contribution is 7.99. The highest BCUT2D eigenvalue weighted by Crippen LogP contribution is 2.18. The van der Waals surface area contributed by atoms with Crippen LogP contribution in [0.4, 0.5) is 0 Å². The summed E-state index contributed by atoms with van der Waals surface area (Å²) in [5, 5.41) is 4.90. The van der Waals surface area contributed by atoms with Gasteiger partial charge in [0.25, 0.3) is 0 Å². The molecule has 0 unspecified atom stereocenters. The zero-order chi connectivity index (χ0) is 14.6. The number of imidazole rings is 1. The van der Waals surface area contributed by atoms with Crippen molar-refractivity contribution in [2.75, 3.05) is 18.1 Å². The molecule has 6 nitrogen and oxygen atoms in total. The van der Waals surface area contributed by atoms with Crippen LogP contribution in [0.15, 0.2) is 29.0 Å². The second-order valence-corrected chi connectivity index (χ2v) is 7.63. The summed E-state index contributed by atoms with van der Waals surface area (Å²) < 4.78 is 24.3. The highest BCUT2D eigenvalue weighted by Gasteiger charge is 2.23. The van der Waals surface area contributed by atoms with Crippen LogP contribution in [0.2, 0.25) is 0 Å². The van der Waals surface area contributed by atoms with Crippen LogP contribution in [-0.4, -0.2) is 41.9 Å². The van der Waals surface area contributed by atoms with E-state index >= 15 is 0 Å². The topological polar surface area (TPSA) is 81.1 Å². The summed E-state index contributed by atoms with van der Waals surface area (Å²) in [5.41, 5.74) is 0. The Morgan fingerprint density at radius 2 is 2.40 bits per heavy atom. The molecule has 1 atom stereocenters. The van der Waals surface area contributed by atoms with Crippen molar-refractivity contribution in [3.63, 3.8) is 0 Å². The maximum atomic E-state index is 11.7. The number of amides is 1. The van der Waals surface area contributed by atoms with Crippen molar-refractivity contribution < 1.29 is 13.2 Å². The van der Waals surface area contributed by atoms with Gasteiger partial charge in [-0.3, -0.25) is 4.79 Å². The molecular formula is C12H17N3O3S2. The average molecular weight is 315 g/mol. The van der Waals surface area contributed by atoms with Crippen molar-refractivity contribution in [1.29, 1.82) is 0 Å². The Morgan fingerprint density at radius 3 is 3.00 bits per heavy atom. The summed E-state index contributed by atoms with van der Waals surface area (Å²) in [4.78, 5) is 15.8. The SMILES string of the molecule is Cn1ccnc1SCCNC(=O)C[C@H]1C=CS(=O)(=O)C1. The number of nitrogens with one attached hydrogen (secondary N) is 1. The minimum atomic E-state index is -3.08. The Kier molecular flexibility index (Phi) is 4.87. The number of aryl methyl sites for hydroxylation is 1. The van der Waals surface area contributed by atoms with Gasteiger partial charge in [0.15, 0.2) is 15.0 Å². The third-order valence-corrected chi connectivity index (χ3v) is 5.41. The summed E-state index contributed by atoms with van der Waals surface area (Å²) in [5.74, 6) is 0.470. The van der Waals surface area contributed by atoms with E-state index in [2.05, 4.69) is 10.3 Å². The number of hydrogen-bond acceptors (Lipinski definition) is 5. The molecule has 1 aromatic rings. The van der Waals surface area contributed by atoms with Crippen molar-refractivity contribution in [1.82, 2.24) is 14.9 Å². The monoisotopic (exact) mass is 315 g/mol. The summed E-state index contributed by atoms with van der Waals surface area (Å²) in [7, 11) is -1.16. The Hall–Kier alpha value is -1.28. The normalized spacial score (nSPS) is 20.1. The minimum absolute atomic E-state index is 0.0441. The van der Waals surface area contributed by atoms with Gasteiger partial charge in [0, 0.05) is 49.5 Å². The van der Waals surface area contributed by atoms with Crippen molar-refractivity contribution in [2.45, 2.75) is 11.6 Å². The molecule has 0 aromatic carbocycles. The summed E-state index contributed by atoms with van der Waals surface area (Å²) >= 11 is 1.57. The van der Waals surface area contributed by atoms with Crippen LogP contribution in [0.25, 0.3) is 0 Å². The van der Waals surface area contributed by atoms with Crippen molar-refractivity contribution in [2.24, 2.45) is 13.0 Å². The molecule has 1 N–H and O–H groups in total. The lowest BCUT2D eigenvalue weighted by Crippen LogP contribution is -2.28. The molecule has 1 aromatic heterocycles. The largest absolute Gasteiger partial charge is 0.355 e. The predicted octanol–water partition coefficient (Wildman–Crippen LogP) is 0.577. The van der Waals surface area contributed by atoms with Crippen molar-refractivity contribution in [3.05, 3.63) is 23.9 Å². The standard InChI is InChI=1S/C12H17N3O3S2/c1-15-5-3-14-12(15)19-6-4-13-11(16)8-10-2-7-20(17,18)9-10/h2-3,5,7,10H,4,6,8-9H2,1H3,(H,13,16)/t10-/m1/s1. The Labute approximate surface area is 122 Å². The van der Waals surface area contributed by atoms with E-state index in [4.69, 9.17) is 0 Å². The molecule has 2 rings (SSSR count). The second-order valence-electron chi connectivity index (χ2n) is 4.64. The molecule has 0 saturated heterocycles. The number of aromatic nitrogens is 2. The molecule has 0 bridgehead atoms. The van der Waals surface area contributed by atoms with Gasteiger partial charge < -0.3 is 9.88 Å². The Bertz CT molecular complexity index is 607. The molecule has 0 spiro atoms. The summed E-state index contributed by atoms with van der Waals surface area (Å²) in [6.45, 7) is 0.541. The van der Waals surface area contributed by atoms with E-state index in [0.29, 0.717) is 6.54 Å². The van der Waals surface area contributed by atoms with Gasteiger partial charge in [0.2, 0.25) is 5.91 Å². The molecule has 20 heavy (non-hydrogen) atoms. The number of carbonyl (C=O) groups is 1. The van der Waals surface area contributed by atoms with Gasteiger partial charge in [-0.1, -0.05) is 17.8 Å². The van der Waals surface area contributed by atoms with Crippen LogP contribution in [-0.2, 0) is 21.7 Å². The summed E-state index contributed by atoms with van der Waals surface area (Å²) in [6.07, 6.45) is 5.42. The first-order chi connectivity index (χ1) is 9.46. The van der Waals surface area contributed by atoms with Crippen molar-refractivity contribution >= 4 is 27.5 Å². The first-order valence-electron chi connectivity index (χ1n) is 6.24. The van der Waals surface area contributed by atoms with Crippen LogP contribution < -0.4 is 5.32 Å². The average Bonchev–Trinajstić information content (AvgIpc) is 2.91. The molecule has 0 saturated carbocycles. The molecule has 0 fully saturated rings. The predicted molar refractivity (Wildman–Crippen MR) is 78.0 cm³/mol.